The van der Waals surface area contributed by atoms with Crippen LogP contribution in [0.25, 0.3) is 5.57 Å². The van der Waals surface area contributed by atoms with Crippen LogP contribution in [0.4, 0.5) is 0 Å². The van der Waals surface area contributed by atoms with E-state index in [1.165, 1.54) is 7.11 Å². The molecule has 0 saturated carbocycles. The maximum Gasteiger partial charge on any atom is 0.337 e. The molecule has 2 aromatic carbocycles. The van der Waals surface area contributed by atoms with Crippen LogP contribution >= 0.6 is 0 Å². The number of esters is 1. The number of ether oxygens (including phenoxy) is 1. The van der Waals surface area contributed by atoms with Crippen LogP contribution in [-0.4, -0.2) is 21.5 Å². The van der Waals surface area contributed by atoms with Gasteiger partial charge in [-0.05, 0) is 47.7 Å². The van der Waals surface area contributed by atoms with E-state index in [-0.39, 0.29) is 0 Å². The van der Waals surface area contributed by atoms with E-state index in [0.29, 0.717) is 16.0 Å². The maximum atomic E-state index is 11.8. The third kappa shape index (κ3) is 2.92. The van der Waals surface area contributed by atoms with Gasteiger partial charge in [0.15, 0.2) is 10.7 Å². The fourth-order valence-electron chi connectivity index (χ4n) is 2.89. The first-order valence-electron chi connectivity index (χ1n) is 7.27. The number of fused-ring (bicyclic) bond motifs is 1. The van der Waals surface area contributed by atoms with Crippen molar-refractivity contribution >= 4 is 22.2 Å². The summed E-state index contributed by atoms with van der Waals surface area (Å²) in [6, 6.07) is 12.4. The van der Waals surface area contributed by atoms with E-state index in [2.05, 4.69) is 0 Å². The van der Waals surface area contributed by atoms with Crippen LogP contribution in [-0.2, 0) is 21.9 Å². The van der Waals surface area contributed by atoms with Gasteiger partial charge in [0.2, 0.25) is 0 Å². The predicted octanol–water partition coefficient (Wildman–Crippen LogP) is 2.82. The van der Waals surface area contributed by atoms with E-state index in [1.54, 1.807) is 30.3 Å². The van der Waals surface area contributed by atoms with Gasteiger partial charge < -0.3 is 4.74 Å². The molecule has 0 N–H and O–H groups in total. The molecular weight excluding hydrogens is 312 g/mol. The molecule has 0 aromatic heterocycles. The average Bonchev–Trinajstić information content (AvgIpc) is 2.60. The fraction of sp³-hybridized carbons (Fsp3) is 0.167. The Morgan fingerprint density at radius 2 is 1.87 bits per heavy atom. The highest BCUT2D eigenvalue weighted by Crippen LogP contribution is 2.34. The lowest BCUT2D eigenvalue weighted by molar-refractivity contribution is 0.0600. The normalized spacial score (nSPS) is 13.4. The van der Waals surface area contributed by atoms with Gasteiger partial charge >= 0.3 is 5.97 Å². The Morgan fingerprint density at radius 1 is 1.09 bits per heavy atom. The first-order valence-corrected chi connectivity index (χ1v) is 8.45. The summed E-state index contributed by atoms with van der Waals surface area (Å²) in [7, 11) is -1.34. The number of thiol groups is 1. The zero-order chi connectivity index (χ0) is 16.4. The number of carbonyl (C=O) groups excluding carboxylic acids is 1. The van der Waals surface area contributed by atoms with Gasteiger partial charge in [0.1, 0.15) is 0 Å². The minimum Gasteiger partial charge on any atom is -0.465 e. The molecule has 0 spiro atoms. The maximum absolute atomic E-state index is 11.8. The van der Waals surface area contributed by atoms with Crippen LogP contribution in [0.3, 0.4) is 0 Å². The number of carbonyl (C=O) groups is 1. The van der Waals surface area contributed by atoms with Crippen molar-refractivity contribution in [3.63, 3.8) is 0 Å². The summed E-state index contributed by atoms with van der Waals surface area (Å²) in [5, 5.41) is 0. The smallest absolute Gasteiger partial charge is 0.337 e. The Balaban J connectivity index is 2.18. The van der Waals surface area contributed by atoms with E-state index in [1.807, 2.05) is 18.2 Å². The summed E-state index contributed by atoms with van der Waals surface area (Å²) in [5.74, 6) is -0.402. The van der Waals surface area contributed by atoms with Gasteiger partial charge in [-0.25, -0.2) is 13.2 Å². The van der Waals surface area contributed by atoms with E-state index < -0.39 is 16.7 Å². The molecule has 3 rings (SSSR count). The zero-order valence-electron chi connectivity index (χ0n) is 12.6. The van der Waals surface area contributed by atoms with Gasteiger partial charge in [-0.3, -0.25) is 0 Å². The number of allylic oxidation sites excluding steroid dienone is 1. The lowest BCUT2D eigenvalue weighted by Crippen LogP contribution is -2.07. The van der Waals surface area contributed by atoms with Crippen LogP contribution < -0.4 is 0 Å². The standard InChI is InChI=1S/C18H16O4S/c1-22-18(19)13-10-9-12-5-4-7-14(16(12)11-13)15-6-2-3-8-17(15)23(20)21/h2-3,6-11,23H,4-5H2,1H3. The molecule has 0 bridgehead atoms. The second-order valence-electron chi connectivity index (χ2n) is 5.29. The molecule has 0 fully saturated rings. The summed E-state index contributed by atoms with van der Waals surface area (Å²) >= 11 is 0. The van der Waals surface area contributed by atoms with E-state index in [4.69, 9.17) is 4.74 Å². The summed E-state index contributed by atoms with van der Waals surface area (Å²) in [5.41, 5.74) is 3.98. The Bertz CT molecular complexity index is 870. The van der Waals surface area contributed by atoms with Crippen LogP contribution in [0.1, 0.15) is 33.5 Å². The number of rotatable bonds is 3. The molecule has 0 radical (unpaired) electrons. The number of hydrogen-bond acceptors (Lipinski definition) is 4. The van der Waals surface area contributed by atoms with Gasteiger partial charge in [-0.1, -0.05) is 30.3 Å². The summed E-state index contributed by atoms with van der Waals surface area (Å²) in [4.78, 5) is 12.1. The molecule has 2 aromatic rings. The molecule has 1 aliphatic rings. The van der Waals surface area contributed by atoms with E-state index in [9.17, 15) is 13.2 Å². The van der Waals surface area contributed by atoms with E-state index in [0.717, 1.165) is 29.5 Å². The Kier molecular flexibility index (Phi) is 4.30. The second-order valence-corrected chi connectivity index (χ2v) is 6.29. The fourth-order valence-corrected chi connectivity index (χ4v) is 3.49. The second kappa shape index (κ2) is 6.38. The molecule has 4 nitrogen and oxygen atoms in total. The minimum atomic E-state index is -2.69. The van der Waals surface area contributed by atoms with Gasteiger partial charge in [0.05, 0.1) is 17.6 Å². The highest BCUT2D eigenvalue weighted by atomic mass is 32.2. The first kappa shape index (κ1) is 15.5. The molecular formula is C18H16O4S. The van der Waals surface area contributed by atoms with Crippen molar-refractivity contribution in [1.29, 1.82) is 0 Å². The van der Waals surface area contributed by atoms with Crippen LogP contribution in [0.15, 0.2) is 53.4 Å². The third-order valence-corrected chi connectivity index (χ3v) is 4.76. The molecule has 0 unspecified atom stereocenters. The molecule has 1 aliphatic carbocycles. The number of benzene rings is 2. The summed E-state index contributed by atoms with van der Waals surface area (Å²) in [6.45, 7) is 0. The molecule has 118 valence electrons. The lowest BCUT2D eigenvalue weighted by Gasteiger charge is -2.20. The largest absolute Gasteiger partial charge is 0.465 e. The Labute approximate surface area is 136 Å². The van der Waals surface area contributed by atoms with Crippen molar-refractivity contribution in [3.05, 3.63) is 70.8 Å². The van der Waals surface area contributed by atoms with Gasteiger partial charge in [-0.15, -0.1) is 0 Å². The number of methoxy groups -OCH3 is 1. The zero-order valence-corrected chi connectivity index (χ0v) is 13.5. The monoisotopic (exact) mass is 328 g/mol. The Hall–Kier alpha value is -2.40. The van der Waals surface area contributed by atoms with Gasteiger partial charge in [-0.2, -0.15) is 0 Å². The van der Waals surface area contributed by atoms with Crippen LogP contribution in [0, 0.1) is 0 Å². The first-order chi connectivity index (χ1) is 11.1. The molecule has 0 atom stereocenters. The topological polar surface area (TPSA) is 60.4 Å². The van der Waals surface area contributed by atoms with Crippen LogP contribution in [0.5, 0.6) is 0 Å². The van der Waals surface area contributed by atoms with Crippen molar-refractivity contribution in [2.75, 3.05) is 7.11 Å². The van der Waals surface area contributed by atoms with Crippen LogP contribution in [0.2, 0.25) is 0 Å². The minimum absolute atomic E-state index is 0.296. The molecule has 0 saturated heterocycles. The Morgan fingerprint density at radius 3 is 2.61 bits per heavy atom. The summed E-state index contributed by atoms with van der Waals surface area (Å²) in [6.07, 6.45) is 3.73. The molecule has 23 heavy (non-hydrogen) atoms. The number of hydrogen-bond donors (Lipinski definition) is 1. The van der Waals surface area contributed by atoms with Crippen molar-refractivity contribution in [2.45, 2.75) is 17.7 Å². The molecule has 5 heteroatoms. The van der Waals surface area contributed by atoms with Crippen molar-refractivity contribution in [1.82, 2.24) is 0 Å². The van der Waals surface area contributed by atoms with Crippen molar-refractivity contribution in [3.8, 4) is 0 Å². The molecule has 0 aliphatic heterocycles. The molecule has 0 heterocycles. The predicted molar refractivity (Wildman–Crippen MR) is 88.2 cm³/mol. The van der Waals surface area contributed by atoms with Gasteiger partial charge in [0.25, 0.3) is 0 Å². The lowest BCUT2D eigenvalue weighted by atomic mass is 9.86. The number of aryl methyl sites for hydroxylation is 1. The van der Waals surface area contributed by atoms with Gasteiger partial charge in [0, 0.05) is 5.56 Å². The average molecular weight is 328 g/mol. The highest BCUT2D eigenvalue weighted by molar-refractivity contribution is 7.72. The molecule has 0 amide bonds. The van der Waals surface area contributed by atoms with E-state index >= 15 is 0 Å². The summed E-state index contributed by atoms with van der Waals surface area (Å²) < 4.78 is 27.8. The highest BCUT2D eigenvalue weighted by Gasteiger charge is 2.19. The third-order valence-electron chi connectivity index (χ3n) is 3.97. The quantitative estimate of drug-likeness (QED) is 0.695. The van der Waals surface area contributed by atoms with Crippen molar-refractivity contribution < 1.29 is 17.9 Å². The SMILES string of the molecule is COC(=O)c1ccc2c(c1)C(c1ccccc1[SH](=O)=O)=CCC2. The van der Waals surface area contributed by atoms with Crippen molar-refractivity contribution in [2.24, 2.45) is 0 Å².